The molecule has 0 atom stereocenters. The normalized spacial score (nSPS) is 10.1. The Labute approximate surface area is 131 Å². The zero-order chi connectivity index (χ0) is 17.7. The lowest BCUT2D eigenvalue weighted by molar-refractivity contribution is -0.394. The number of esters is 1. The minimum atomic E-state index is -1.17. The summed E-state index contributed by atoms with van der Waals surface area (Å²) in [7, 11) is 2.17. The van der Waals surface area contributed by atoms with Crippen LogP contribution in [0.25, 0.3) is 0 Å². The van der Waals surface area contributed by atoms with Crippen LogP contribution in [-0.4, -0.2) is 43.1 Å². The summed E-state index contributed by atoms with van der Waals surface area (Å²) in [5.41, 5.74) is -2.14. The van der Waals surface area contributed by atoms with Gasteiger partial charge in [-0.1, -0.05) is 0 Å². The van der Waals surface area contributed by atoms with Crippen LogP contribution in [-0.2, 0) is 4.74 Å². The highest BCUT2D eigenvalue weighted by Crippen LogP contribution is 2.44. The van der Waals surface area contributed by atoms with E-state index in [1.807, 2.05) is 0 Å². The quantitative estimate of drug-likeness (QED) is 0.423. The summed E-state index contributed by atoms with van der Waals surface area (Å²) in [4.78, 5) is 34.6. The minimum Gasteiger partial charge on any atom is -0.490 e. The highest BCUT2D eigenvalue weighted by atomic mass is 16.6. The molecule has 0 unspecified atom stereocenters. The Bertz CT molecular complexity index is 641. The molecule has 0 N–H and O–H groups in total. The van der Waals surface area contributed by atoms with Crippen LogP contribution in [0.3, 0.4) is 0 Å². The maximum atomic E-state index is 12.0. The molecule has 1 aromatic rings. The van der Waals surface area contributed by atoms with Gasteiger partial charge in [-0.05, 0) is 13.8 Å². The number of nitrogens with zero attached hydrogens (tertiary/aromatic N) is 3. The molecule has 0 radical (unpaired) electrons. The molecule has 1 aromatic carbocycles. The predicted molar refractivity (Wildman–Crippen MR) is 81.2 cm³/mol. The summed E-state index contributed by atoms with van der Waals surface area (Å²) in [5, 5.41) is 22.8. The fourth-order valence-corrected chi connectivity index (χ4v) is 2.25. The molecule has 10 heteroatoms. The van der Waals surface area contributed by atoms with Crippen molar-refractivity contribution >= 4 is 23.0 Å². The number of methoxy groups -OCH3 is 2. The number of benzene rings is 1. The van der Waals surface area contributed by atoms with E-state index < -0.39 is 32.8 Å². The molecule has 0 aliphatic heterocycles. The zero-order valence-corrected chi connectivity index (χ0v) is 13.2. The Balaban J connectivity index is 3.98. The second-order valence-corrected chi connectivity index (χ2v) is 4.35. The molecule has 0 aliphatic rings. The van der Waals surface area contributed by atoms with E-state index in [2.05, 4.69) is 4.74 Å². The third kappa shape index (κ3) is 3.30. The van der Waals surface area contributed by atoms with Crippen LogP contribution >= 0.6 is 0 Å². The van der Waals surface area contributed by atoms with E-state index in [0.717, 1.165) is 7.11 Å². The third-order valence-electron chi connectivity index (χ3n) is 3.30. The van der Waals surface area contributed by atoms with Crippen LogP contribution in [0, 0.1) is 20.2 Å². The number of anilines is 1. The number of hydrogen-bond acceptors (Lipinski definition) is 8. The van der Waals surface area contributed by atoms with Gasteiger partial charge in [0.05, 0.1) is 24.1 Å². The van der Waals surface area contributed by atoms with Gasteiger partial charge in [0.1, 0.15) is 5.69 Å². The molecule has 0 bridgehead atoms. The molecule has 126 valence electrons. The molecular weight excluding hydrogens is 310 g/mol. The monoisotopic (exact) mass is 327 g/mol. The molecule has 0 spiro atoms. The smallest absolute Gasteiger partial charge is 0.352 e. The van der Waals surface area contributed by atoms with Crippen LogP contribution in [0.2, 0.25) is 0 Å². The molecule has 0 aromatic heterocycles. The molecule has 1 rings (SSSR count). The molecule has 0 saturated heterocycles. The van der Waals surface area contributed by atoms with Crippen LogP contribution in [0.4, 0.5) is 17.1 Å². The summed E-state index contributed by atoms with van der Waals surface area (Å²) < 4.78 is 9.46. The van der Waals surface area contributed by atoms with Gasteiger partial charge in [0.2, 0.25) is 5.56 Å². The molecule has 0 fully saturated rings. The number of nitro groups is 2. The first kappa shape index (κ1) is 18.1. The summed E-state index contributed by atoms with van der Waals surface area (Å²) in [6, 6.07) is 1.19. The van der Waals surface area contributed by atoms with Crippen LogP contribution in [0.5, 0.6) is 5.75 Å². The highest BCUT2D eigenvalue weighted by Gasteiger charge is 2.39. The summed E-state index contributed by atoms with van der Waals surface area (Å²) in [6.07, 6.45) is 0. The molecule has 0 amide bonds. The van der Waals surface area contributed by atoms with Crippen molar-refractivity contribution in [2.45, 2.75) is 13.8 Å². The number of hydrogen-bond donors (Lipinski definition) is 0. The second-order valence-electron chi connectivity index (χ2n) is 4.35. The van der Waals surface area contributed by atoms with E-state index >= 15 is 0 Å². The molecular formula is C13H17N3O7. The van der Waals surface area contributed by atoms with E-state index in [-0.39, 0.29) is 11.4 Å². The van der Waals surface area contributed by atoms with Gasteiger partial charge in [0, 0.05) is 19.2 Å². The SMILES string of the molecule is CCN(CC)c1cc(OC)c([N+](=O)[O-])c(C(=O)OC)c1[N+](=O)[O-]. The first-order valence-corrected chi connectivity index (χ1v) is 6.70. The average Bonchev–Trinajstić information content (AvgIpc) is 2.53. The van der Waals surface area contributed by atoms with Gasteiger partial charge >= 0.3 is 17.3 Å². The Kier molecular flexibility index (Phi) is 5.82. The van der Waals surface area contributed by atoms with Crippen molar-refractivity contribution in [3.8, 4) is 5.75 Å². The van der Waals surface area contributed by atoms with E-state index in [1.54, 1.807) is 18.7 Å². The fourth-order valence-electron chi connectivity index (χ4n) is 2.25. The topological polar surface area (TPSA) is 125 Å². The Morgan fingerprint density at radius 1 is 1.13 bits per heavy atom. The van der Waals surface area contributed by atoms with Crippen molar-refractivity contribution in [3.63, 3.8) is 0 Å². The number of carbonyl (C=O) groups is 1. The predicted octanol–water partition coefficient (Wildman–Crippen LogP) is 2.14. The van der Waals surface area contributed by atoms with E-state index in [0.29, 0.717) is 13.1 Å². The van der Waals surface area contributed by atoms with Gasteiger partial charge in [-0.15, -0.1) is 0 Å². The first-order chi connectivity index (χ1) is 10.8. The maximum Gasteiger partial charge on any atom is 0.352 e. The third-order valence-corrected chi connectivity index (χ3v) is 3.30. The van der Waals surface area contributed by atoms with Crippen molar-refractivity contribution in [3.05, 3.63) is 31.9 Å². The largest absolute Gasteiger partial charge is 0.490 e. The summed E-state index contributed by atoms with van der Waals surface area (Å²) >= 11 is 0. The van der Waals surface area contributed by atoms with Crippen molar-refractivity contribution in [1.82, 2.24) is 0 Å². The maximum absolute atomic E-state index is 12.0. The number of carbonyl (C=O) groups excluding carboxylic acids is 1. The van der Waals surface area contributed by atoms with Gasteiger partial charge in [-0.2, -0.15) is 0 Å². The molecule has 0 heterocycles. The molecule has 10 nitrogen and oxygen atoms in total. The summed E-state index contributed by atoms with van der Waals surface area (Å²) in [5.74, 6) is -1.42. The van der Waals surface area contributed by atoms with Crippen molar-refractivity contribution in [2.24, 2.45) is 0 Å². The van der Waals surface area contributed by atoms with E-state index in [1.165, 1.54) is 13.2 Å². The Morgan fingerprint density at radius 2 is 1.65 bits per heavy atom. The van der Waals surface area contributed by atoms with Gasteiger partial charge in [0.15, 0.2) is 5.75 Å². The van der Waals surface area contributed by atoms with Crippen LogP contribution in [0.15, 0.2) is 6.07 Å². The Morgan fingerprint density at radius 3 is 2.00 bits per heavy atom. The van der Waals surface area contributed by atoms with Crippen LogP contribution < -0.4 is 9.64 Å². The van der Waals surface area contributed by atoms with Crippen LogP contribution in [0.1, 0.15) is 24.2 Å². The van der Waals surface area contributed by atoms with Gasteiger partial charge in [0.25, 0.3) is 0 Å². The van der Waals surface area contributed by atoms with Gasteiger partial charge in [-0.3, -0.25) is 20.2 Å². The van der Waals surface area contributed by atoms with Gasteiger partial charge in [-0.25, -0.2) is 4.79 Å². The minimum absolute atomic E-state index is 0.0582. The summed E-state index contributed by atoms with van der Waals surface area (Å²) in [6.45, 7) is 4.33. The second kappa shape index (κ2) is 7.38. The van der Waals surface area contributed by atoms with Crippen molar-refractivity contribution < 1.29 is 24.1 Å². The van der Waals surface area contributed by atoms with E-state index in [9.17, 15) is 25.0 Å². The standard InChI is InChI=1S/C13H17N3O7/c1-5-14(6-2)8-7-9(22-3)12(16(20)21)10(13(17)23-4)11(8)15(18)19/h7H,5-6H2,1-4H3. The number of rotatable bonds is 7. The lowest BCUT2D eigenvalue weighted by Crippen LogP contribution is -2.24. The van der Waals surface area contributed by atoms with Crippen molar-refractivity contribution in [1.29, 1.82) is 0 Å². The fraction of sp³-hybridized carbons (Fsp3) is 0.462. The first-order valence-electron chi connectivity index (χ1n) is 6.70. The highest BCUT2D eigenvalue weighted by molar-refractivity contribution is 6.02. The molecule has 23 heavy (non-hydrogen) atoms. The molecule has 0 aliphatic carbocycles. The molecule has 0 saturated carbocycles. The lowest BCUT2D eigenvalue weighted by Gasteiger charge is -2.22. The Hall–Kier alpha value is -2.91. The average molecular weight is 327 g/mol. The van der Waals surface area contributed by atoms with Crippen molar-refractivity contribution in [2.75, 3.05) is 32.2 Å². The zero-order valence-electron chi connectivity index (χ0n) is 13.2. The van der Waals surface area contributed by atoms with Gasteiger partial charge < -0.3 is 14.4 Å². The lowest BCUT2D eigenvalue weighted by atomic mass is 10.1. The van der Waals surface area contributed by atoms with E-state index in [4.69, 9.17) is 4.74 Å². The number of ether oxygens (including phenoxy) is 2. The number of nitro benzene ring substituents is 2.